The second-order valence-corrected chi connectivity index (χ2v) is 4.26. The number of rotatable bonds is 3. The summed E-state index contributed by atoms with van der Waals surface area (Å²) in [6.07, 6.45) is 8.16. The number of nitrogens with zero attached hydrogens (tertiary/aromatic N) is 1. The van der Waals surface area contributed by atoms with Crippen molar-refractivity contribution in [1.29, 1.82) is 0 Å². The van der Waals surface area contributed by atoms with E-state index >= 15 is 0 Å². The third kappa shape index (κ3) is 2.25. The standard InChI is InChI=1S/C13H15N3O/c1-2-6-17-12(3-1)9-14-11-4-5-13-10(7-11)8-15-16-13/h2,4-8,12,14H,1,3,9H2,(H,15,16)/t12-/m0/s1. The Morgan fingerprint density at radius 3 is 3.35 bits per heavy atom. The maximum Gasteiger partial charge on any atom is 0.115 e. The molecule has 1 atom stereocenters. The van der Waals surface area contributed by atoms with E-state index in [1.165, 1.54) is 0 Å². The highest BCUT2D eigenvalue weighted by Gasteiger charge is 2.10. The maximum atomic E-state index is 5.51. The molecule has 4 nitrogen and oxygen atoms in total. The van der Waals surface area contributed by atoms with Crippen LogP contribution in [0.3, 0.4) is 0 Å². The van der Waals surface area contributed by atoms with E-state index in [1.54, 1.807) is 6.26 Å². The number of nitrogens with one attached hydrogen (secondary N) is 2. The van der Waals surface area contributed by atoms with Gasteiger partial charge in [-0.25, -0.2) is 0 Å². The number of anilines is 1. The highest BCUT2D eigenvalue weighted by molar-refractivity contribution is 5.81. The van der Waals surface area contributed by atoms with E-state index in [0.717, 1.165) is 36.0 Å². The fourth-order valence-corrected chi connectivity index (χ4v) is 2.02. The lowest BCUT2D eigenvalue weighted by atomic mass is 10.1. The fraction of sp³-hybridized carbons (Fsp3) is 0.308. The molecule has 3 rings (SSSR count). The van der Waals surface area contributed by atoms with E-state index in [9.17, 15) is 0 Å². The van der Waals surface area contributed by atoms with Gasteiger partial charge in [0.05, 0.1) is 24.5 Å². The van der Waals surface area contributed by atoms with Gasteiger partial charge in [0.1, 0.15) is 6.10 Å². The summed E-state index contributed by atoms with van der Waals surface area (Å²) in [5.41, 5.74) is 2.17. The molecule has 0 saturated heterocycles. The molecule has 2 aromatic rings. The number of hydrogen-bond donors (Lipinski definition) is 2. The summed E-state index contributed by atoms with van der Waals surface area (Å²) in [4.78, 5) is 0. The van der Waals surface area contributed by atoms with E-state index < -0.39 is 0 Å². The summed E-state index contributed by atoms with van der Waals surface area (Å²) < 4.78 is 5.51. The van der Waals surface area contributed by atoms with E-state index in [2.05, 4.69) is 33.7 Å². The first-order valence-electron chi connectivity index (χ1n) is 5.89. The third-order valence-corrected chi connectivity index (χ3v) is 3.00. The number of aromatic nitrogens is 2. The van der Waals surface area contributed by atoms with Crippen LogP contribution in [0, 0.1) is 0 Å². The van der Waals surface area contributed by atoms with Gasteiger partial charge in [0.15, 0.2) is 0 Å². The second kappa shape index (κ2) is 4.49. The minimum absolute atomic E-state index is 0.278. The van der Waals surface area contributed by atoms with Gasteiger partial charge >= 0.3 is 0 Å². The lowest BCUT2D eigenvalue weighted by Crippen LogP contribution is -2.22. The van der Waals surface area contributed by atoms with Gasteiger partial charge < -0.3 is 10.1 Å². The van der Waals surface area contributed by atoms with Gasteiger partial charge in [-0.2, -0.15) is 5.10 Å². The Hall–Kier alpha value is -1.97. The Bertz CT molecular complexity index is 532. The Balaban J connectivity index is 1.65. The van der Waals surface area contributed by atoms with Crippen LogP contribution in [0.4, 0.5) is 5.69 Å². The molecule has 0 unspecified atom stereocenters. The summed E-state index contributed by atoms with van der Waals surface area (Å²) >= 11 is 0. The first-order valence-corrected chi connectivity index (χ1v) is 5.89. The van der Waals surface area contributed by atoms with E-state index in [0.29, 0.717) is 0 Å². The summed E-state index contributed by atoms with van der Waals surface area (Å²) in [6, 6.07) is 6.18. The van der Waals surface area contributed by atoms with Gasteiger partial charge in [0, 0.05) is 11.1 Å². The van der Waals surface area contributed by atoms with Crippen LogP contribution in [-0.4, -0.2) is 22.8 Å². The van der Waals surface area contributed by atoms with Crippen molar-refractivity contribution < 1.29 is 4.74 Å². The van der Waals surface area contributed by atoms with Crippen LogP contribution in [0.2, 0.25) is 0 Å². The van der Waals surface area contributed by atoms with E-state index in [-0.39, 0.29) is 6.10 Å². The molecule has 0 spiro atoms. The molecule has 2 heterocycles. The number of allylic oxidation sites excluding steroid dienone is 1. The van der Waals surface area contributed by atoms with Gasteiger partial charge in [-0.15, -0.1) is 0 Å². The molecule has 17 heavy (non-hydrogen) atoms. The molecule has 0 aliphatic carbocycles. The molecule has 1 aromatic carbocycles. The zero-order valence-corrected chi connectivity index (χ0v) is 9.52. The molecule has 88 valence electrons. The van der Waals surface area contributed by atoms with Crippen LogP contribution < -0.4 is 5.32 Å². The summed E-state index contributed by atoms with van der Waals surface area (Å²) in [7, 11) is 0. The maximum absolute atomic E-state index is 5.51. The number of fused-ring (bicyclic) bond motifs is 1. The lowest BCUT2D eigenvalue weighted by Gasteiger charge is -2.20. The number of ether oxygens (including phenoxy) is 1. The number of benzene rings is 1. The molecule has 0 bridgehead atoms. The van der Waals surface area contributed by atoms with Gasteiger partial charge in [0.2, 0.25) is 0 Å². The largest absolute Gasteiger partial charge is 0.497 e. The molecule has 0 radical (unpaired) electrons. The SMILES string of the molecule is C1=CO[C@H](CNc2ccc3[nH]ncc3c2)CC1. The van der Waals surface area contributed by atoms with E-state index in [4.69, 9.17) is 4.74 Å². The molecule has 0 saturated carbocycles. The first kappa shape index (κ1) is 10.2. The van der Waals surface area contributed by atoms with Crippen molar-refractivity contribution in [2.24, 2.45) is 0 Å². The van der Waals surface area contributed by atoms with Crippen molar-refractivity contribution in [2.45, 2.75) is 18.9 Å². The Kier molecular flexibility index (Phi) is 2.69. The van der Waals surface area contributed by atoms with Crippen LogP contribution in [0.5, 0.6) is 0 Å². The van der Waals surface area contributed by atoms with Crippen LogP contribution in [-0.2, 0) is 4.74 Å². The van der Waals surface area contributed by atoms with Crippen molar-refractivity contribution in [3.63, 3.8) is 0 Å². The zero-order chi connectivity index (χ0) is 11.5. The quantitative estimate of drug-likeness (QED) is 0.850. The summed E-state index contributed by atoms with van der Waals surface area (Å²) in [6.45, 7) is 0.841. The molecule has 0 fully saturated rings. The van der Waals surface area contributed by atoms with Gasteiger partial charge in [0.25, 0.3) is 0 Å². The first-order chi connectivity index (χ1) is 8.42. The molecule has 2 N–H and O–H groups in total. The van der Waals surface area contributed by atoms with Gasteiger partial charge in [-0.05, 0) is 37.1 Å². The van der Waals surface area contributed by atoms with Crippen molar-refractivity contribution in [3.8, 4) is 0 Å². The van der Waals surface area contributed by atoms with Gasteiger partial charge in [-0.1, -0.05) is 0 Å². The fourth-order valence-electron chi connectivity index (χ4n) is 2.02. The zero-order valence-electron chi connectivity index (χ0n) is 9.52. The Labute approximate surface area is 99.7 Å². The predicted molar refractivity (Wildman–Crippen MR) is 67.8 cm³/mol. The predicted octanol–water partition coefficient (Wildman–Crippen LogP) is 2.67. The smallest absolute Gasteiger partial charge is 0.115 e. The summed E-state index contributed by atoms with van der Waals surface area (Å²) in [5, 5.41) is 11.5. The van der Waals surface area contributed by atoms with Crippen molar-refractivity contribution >= 4 is 16.6 Å². The summed E-state index contributed by atoms with van der Waals surface area (Å²) in [5.74, 6) is 0. The van der Waals surface area contributed by atoms with Crippen LogP contribution in [0.1, 0.15) is 12.8 Å². The highest BCUT2D eigenvalue weighted by Crippen LogP contribution is 2.17. The number of hydrogen-bond acceptors (Lipinski definition) is 3. The average Bonchev–Trinajstić information content (AvgIpc) is 2.85. The monoisotopic (exact) mass is 229 g/mol. The molecule has 4 heteroatoms. The Morgan fingerprint density at radius 2 is 2.47 bits per heavy atom. The van der Waals surface area contributed by atoms with Crippen LogP contribution in [0.15, 0.2) is 36.7 Å². The normalized spacial score (nSPS) is 19.2. The molecular formula is C13H15N3O. The molecule has 1 aliphatic rings. The van der Waals surface area contributed by atoms with Crippen LogP contribution >= 0.6 is 0 Å². The van der Waals surface area contributed by atoms with Gasteiger partial charge in [-0.3, -0.25) is 5.10 Å². The lowest BCUT2D eigenvalue weighted by molar-refractivity contribution is 0.135. The number of H-pyrrole nitrogens is 1. The van der Waals surface area contributed by atoms with Crippen molar-refractivity contribution in [3.05, 3.63) is 36.7 Å². The minimum Gasteiger partial charge on any atom is -0.497 e. The van der Waals surface area contributed by atoms with Crippen molar-refractivity contribution in [2.75, 3.05) is 11.9 Å². The average molecular weight is 229 g/mol. The second-order valence-electron chi connectivity index (χ2n) is 4.26. The van der Waals surface area contributed by atoms with Crippen LogP contribution in [0.25, 0.3) is 10.9 Å². The minimum atomic E-state index is 0.278. The molecule has 1 aliphatic heterocycles. The van der Waals surface area contributed by atoms with E-state index in [1.807, 2.05) is 12.3 Å². The Morgan fingerprint density at radius 1 is 1.47 bits per heavy atom. The number of aromatic amines is 1. The highest BCUT2D eigenvalue weighted by atomic mass is 16.5. The molecular weight excluding hydrogens is 214 g/mol. The topological polar surface area (TPSA) is 49.9 Å². The van der Waals surface area contributed by atoms with Crippen molar-refractivity contribution in [1.82, 2.24) is 10.2 Å². The molecule has 0 amide bonds. The third-order valence-electron chi connectivity index (χ3n) is 3.00. The molecule has 1 aromatic heterocycles.